The Labute approximate surface area is 74.8 Å². The van der Waals surface area contributed by atoms with Gasteiger partial charge in [0.25, 0.3) is 0 Å². The molecule has 1 aromatic carbocycles. The van der Waals surface area contributed by atoms with Gasteiger partial charge in [0.15, 0.2) is 0 Å². The maximum absolute atomic E-state index is 3.89. The van der Waals surface area contributed by atoms with Crippen LogP contribution in [-0.2, 0) is 6.42 Å². The molecule has 48 valence electrons. The van der Waals surface area contributed by atoms with Gasteiger partial charge in [-0.15, -0.1) is 17.7 Å². The number of aryl methyl sites for hydroxylation is 1. The first-order valence-corrected chi connectivity index (χ1v) is 3.24. The maximum Gasteiger partial charge on any atom is 1.00 e. The van der Waals surface area contributed by atoms with Gasteiger partial charge in [-0.2, -0.15) is 18.6 Å². The molecule has 0 amide bonds. The van der Waals surface area contributed by atoms with Crippen LogP contribution in [-0.4, -0.2) is 0 Å². The van der Waals surface area contributed by atoms with Crippen LogP contribution in [0.5, 0.6) is 0 Å². The van der Waals surface area contributed by atoms with Crippen molar-refractivity contribution in [3.63, 3.8) is 0 Å². The second-order valence-corrected chi connectivity index (χ2v) is 2.12. The van der Waals surface area contributed by atoms with Gasteiger partial charge in [-0.1, -0.05) is 19.4 Å². The summed E-state index contributed by atoms with van der Waals surface area (Å²) in [6.45, 7) is 6.03. The third kappa shape index (κ3) is 2.14. The molecule has 1 rings (SSSR count). The van der Waals surface area contributed by atoms with Crippen molar-refractivity contribution in [1.29, 1.82) is 0 Å². The SMILES string of the molecule is [CH2-]c1ccccc1CC.[Li+]. The molecule has 0 nitrogen and oxygen atoms in total. The smallest absolute Gasteiger partial charge is 0.198 e. The molecule has 0 saturated heterocycles. The summed E-state index contributed by atoms with van der Waals surface area (Å²) in [5.74, 6) is 0. The van der Waals surface area contributed by atoms with E-state index in [-0.39, 0.29) is 18.9 Å². The number of benzene rings is 1. The van der Waals surface area contributed by atoms with E-state index in [1.807, 2.05) is 18.2 Å². The van der Waals surface area contributed by atoms with Crippen molar-refractivity contribution >= 4 is 0 Å². The van der Waals surface area contributed by atoms with Crippen molar-refractivity contribution in [2.45, 2.75) is 13.3 Å². The second kappa shape index (κ2) is 4.49. The Bertz CT molecular complexity index is 194. The zero-order chi connectivity index (χ0) is 6.69. The fourth-order valence-electron chi connectivity index (χ4n) is 0.902. The Morgan fingerprint density at radius 3 is 2.30 bits per heavy atom. The molecule has 10 heavy (non-hydrogen) atoms. The maximum atomic E-state index is 3.89. The molecular formula is C9H11Li. The van der Waals surface area contributed by atoms with E-state index in [1.165, 1.54) is 5.56 Å². The van der Waals surface area contributed by atoms with Crippen LogP contribution in [0.15, 0.2) is 24.3 Å². The molecule has 1 heteroatoms. The summed E-state index contributed by atoms with van der Waals surface area (Å²) in [5, 5.41) is 0. The van der Waals surface area contributed by atoms with E-state index in [0.717, 1.165) is 12.0 Å². The molecule has 0 aliphatic carbocycles. The predicted octanol–water partition coefficient (Wildman–Crippen LogP) is -0.565. The molecule has 0 fully saturated rings. The Hall–Kier alpha value is -0.313. The minimum absolute atomic E-state index is 0. The Morgan fingerprint density at radius 1 is 1.30 bits per heavy atom. The van der Waals surface area contributed by atoms with Crippen molar-refractivity contribution in [1.82, 2.24) is 0 Å². The fraction of sp³-hybridized carbons (Fsp3) is 0.222. The van der Waals surface area contributed by atoms with Gasteiger partial charge >= 0.3 is 18.9 Å². The van der Waals surface area contributed by atoms with Crippen LogP contribution in [0.3, 0.4) is 0 Å². The molecule has 0 heterocycles. The summed E-state index contributed by atoms with van der Waals surface area (Å²) in [4.78, 5) is 0. The molecule has 0 aliphatic rings. The van der Waals surface area contributed by atoms with Crippen molar-refractivity contribution < 1.29 is 18.9 Å². The Kier molecular flexibility index (Phi) is 4.35. The van der Waals surface area contributed by atoms with E-state index < -0.39 is 0 Å². The van der Waals surface area contributed by atoms with Gasteiger partial charge < -0.3 is 0 Å². The quantitative estimate of drug-likeness (QED) is 0.349. The number of hydrogen-bond acceptors (Lipinski definition) is 0. The summed E-state index contributed by atoms with van der Waals surface area (Å²) >= 11 is 0. The average Bonchev–Trinajstić information content (AvgIpc) is 1.89. The zero-order valence-corrected chi connectivity index (χ0v) is 6.72. The summed E-state index contributed by atoms with van der Waals surface area (Å²) in [6, 6.07) is 8.22. The van der Waals surface area contributed by atoms with Gasteiger partial charge in [-0.25, -0.2) is 0 Å². The topological polar surface area (TPSA) is 0 Å². The monoisotopic (exact) mass is 126 g/mol. The van der Waals surface area contributed by atoms with E-state index in [4.69, 9.17) is 0 Å². The predicted molar refractivity (Wildman–Crippen MR) is 40.3 cm³/mol. The van der Waals surface area contributed by atoms with E-state index in [1.54, 1.807) is 0 Å². The van der Waals surface area contributed by atoms with E-state index in [9.17, 15) is 0 Å². The second-order valence-electron chi connectivity index (χ2n) is 2.12. The standard InChI is InChI=1S/C9H11.Li/c1-3-9-7-5-4-6-8(9)2;/h4-7H,2-3H2,1H3;/q-1;+1. The van der Waals surface area contributed by atoms with Crippen molar-refractivity contribution in [3.05, 3.63) is 42.3 Å². The van der Waals surface area contributed by atoms with Crippen molar-refractivity contribution in [3.8, 4) is 0 Å². The van der Waals surface area contributed by atoms with Crippen LogP contribution in [0.25, 0.3) is 0 Å². The van der Waals surface area contributed by atoms with E-state index in [2.05, 4.69) is 19.9 Å². The van der Waals surface area contributed by atoms with Crippen LogP contribution in [0, 0.1) is 6.92 Å². The van der Waals surface area contributed by atoms with Crippen LogP contribution in [0.4, 0.5) is 0 Å². The van der Waals surface area contributed by atoms with E-state index >= 15 is 0 Å². The molecule has 0 radical (unpaired) electrons. The van der Waals surface area contributed by atoms with Crippen LogP contribution in [0.1, 0.15) is 18.1 Å². The summed E-state index contributed by atoms with van der Waals surface area (Å²) < 4.78 is 0. The van der Waals surface area contributed by atoms with Crippen molar-refractivity contribution in [2.75, 3.05) is 0 Å². The number of hydrogen-bond donors (Lipinski definition) is 0. The summed E-state index contributed by atoms with van der Waals surface area (Å²) in [5.41, 5.74) is 2.50. The summed E-state index contributed by atoms with van der Waals surface area (Å²) in [7, 11) is 0. The molecular weight excluding hydrogens is 115 g/mol. The largest absolute Gasteiger partial charge is 1.00 e. The van der Waals surface area contributed by atoms with Gasteiger partial charge in [0.05, 0.1) is 0 Å². The normalized spacial score (nSPS) is 8.50. The van der Waals surface area contributed by atoms with Crippen LogP contribution >= 0.6 is 0 Å². The molecule has 1 aromatic rings. The molecule has 0 aliphatic heterocycles. The molecule has 0 aromatic heterocycles. The molecule has 0 unspecified atom stereocenters. The van der Waals surface area contributed by atoms with Crippen LogP contribution < -0.4 is 18.9 Å². The molecule has 0 spiro atoms. The first-order chi connectivity index (χ1) is 4.34. The third-order valence-corrected chi connectivity index (χ3v) is 1.50. The van der Waals surface area contributed by atoms with Gasteiger partial charge in [0.2, 0.25) is 0 Å². The van der Waals surface area contributed by atoms with Gasteiger partial charge in [-0.3, -0.25) is 0 Å². The minimum atomic E-state index is 0. The third-order valence-electron chi connectivity index (χ3n) is 1.50. The van der Waals surface area contributed by atoms with Gasteiger partial charge in [-0.05, 0) is 0 Å². The minimum Gasteiger partial charge on any atom is -0.198 e. The molecule has 0 saturated carbocycles. The fourth-order valence-corrected chi connectivity index (χ4v) is 0.902. The first-order valence-electron chi connectivity index (χ1n) is 3.24. The van der Waals surface area contributed by atoms with Gasteiger partial charge in [0, 0.05) is 0 Å². The zero-order valence-electron chi connectivity index (χ0n) is 6.72. The van der Waals surface area contributed by atoms with Crippen molar-refractivity contribution in [2.24, 2.45) is 0 Å². The summed E-state index contributed by atoms with van der Waals surface area (Å²) in [6.07, 6.45) is 1.08. The van der Waals surface area contributed by atoms with Crippen LogP contribution in [0.2, 0.25) is 0 Å². The number of rotatable bonds is 1. The Morgan fingerprint density at radius 2 is 1.90 bits per heavy atom. The Balaban J connectivity index is 0.000000810. The molecule has 0 bridgehead atoms. The molecule has 0 N–H and O–H groups in total. The van der Waals surface area contributed by atoms with E-state index in [0.29, 0.717) is 0 Å². The molecule has 0 atom stereocenters. The average molecular weight is 126 g/mol. The van der Waals surface area contributed by atoms with Gasteiger partial charge in [0.1, 0.15) is 0 Å². The first kappa shape index (κ1) is 9.69.